The number of fused-ring (bicyclic) bond motifs is 4. The normalized spacial score (nSPS) is 17.5. The van der Waals surface area contributed by atoms with Gasteiger partial charge >= 0.3 is 0 Å². The van der Waals surface area contributed by atoms with Gasteiger partial charge in [-0.15, -0.1) is 23.8 Å². The van der Waals surface area contributed by atoms with E-state index in [0.29, 0.717) is 17.1 Å². The Morgan fingerprint density at radius 2 is 1.53 bits per heavy atom. The molecule has 0 spiro atoms. The molecule has 0 amide bonds. The Bertz CT molecular complexity index is 1900. The predicted molar refractivity (Wildman–Crippen MR) is 178 cm³/mol. The van der Waals surface area contributed by atoms with Gasteiger partial charge in [-0.25, -0.2) is 4.98 Å². The first-order valence-corrected chi connectivity index (χ1v) is 15.4. The molecule has 5 aromatic rings. The Balaban J connectivity index is 0.00000357. The second-order valence-electron chi connectivity index (χ2n) is 14.0. The van der Waals surface area contributed by atoms with Gasteiger partial charge in [0, 0.05) is 44.0 Å². The van der Waals surface area contributed by atoms with Crippen LogP contribution in [-0.4, -0.2) is 22.0 Å². The van der Waals surface area contributed by atoms with Crippen LogP contribution in [0.2, 0.25) is 0 Å². The van der Waals surface area contributed by atoms with Gasteiger partial charge in [0.15, 0.2) is 0 Å². The molecule has 232 valence electrons. The summed E-state index contributed by atoms with van der Waals surface area (Å²) in [6.07, 6.45) is 0.930. The van der Waals surface area contributed by atoms with Crippen molar-refractivity contribution in [2.24, 2.45) is 4.99 Å². The van der Waals surface area contributed by atoms with Gasteiger partial charge in [0.1, 0.15) is 11.3 Å². The standard InChI is InChI=1S/C39H38N3O2.Pt/c1-38(2,3)27-21-28(39(4,5)6)23-29(22-27)42-32-20-25-11-7-8-15-31(25)36(32)41-37(42)26-13-9-14-30(19-26)44-34-18-17-24-12-10-16-33(43)35(24)40-34;/h7-18,21-23,32,36,43H,20H2,1-6H3;/q-1;/t32-,36-;/m0./s1. The molecule has 1 aromatic heterocycles. The molecular formula is C39H38N3O2Pt-. The van der Waals surface area contributed by atoms with Crippen molar-refractivity contribution < 1.29 is 30.9 Å². The summed E-state index contributed by atoms with van der Waals surface area (Å²) in [7, 11) is 0. The number of aromatic nitrogens is 1. The Morgan fingerprint density at radius 1 is 0.822 bits per heavy atom. The van der Waals surface area contributed by atoms with Gasteiger partial charge in [-0.2, -0.15) is 0 Å². The minimum atomic E-state index is -0.00769. The Kier molecular flexibility index (Phi) is 7.90. The van der Waals surface area contributed by atoms with Crippen LogP contribution in [0.3, 0.4) is 0 Å². The third kappa shape index (κ3) is 5.79. The van der Waals surface area contributed by atoms with Gasteiger partial charge in [0.25, 0.3) is 0 Å². The smallest absolute Gasteiger partial charge is 0.217 e. The fourth-order valence-corrected chi connectivity index (χ4v) is 6.34. The fourth-order valence-electron chi connectivity index (χ4n) is 6.34. The molecule has 1 N–H and O–H groups in total. The Labute approximate surface area is 280 Å². The number of benzene rings is 4. The molecule has 45 heavy (non-hydrogen) atoms. The molecule has 0 bridgehead atoms. The molecule has 2 aliphatic rings. The van der Waals surface area contributed by atoms with E-state index in [9.17, 15) is 5.11 Å². The Morgan fingerprint density at radius 3 is 2.27 bits per heavy atom. The summed E-state index contributed by atoms with van der Waals surface area (Å²) in [5, 5.41) is 11.2. The van der Waals surface area contributed by atoms with Crippen molar-refractivity contribution >= 4 is 22.4 Å². The summed E-state index contributed by atoms with van der Waals surface area (Å²) in [6.45, 7) is 13.7. The van der Waals surface area contributed by atoms with Crippen molar-refractivity contribution in [2.45, 2.75) is 70.9 Å². The van der Waals surface area contributed by atoms with Crippen LogP contribution in [0.5, 0.6) is 17.4 Å². The number of amidine groups is 1. The van der Waals surface area contributed by atoms with Gasteiger partial charge in [-0.1, -0.05) is 90.1 Å². The molecule has 0 fully saturated rings. The van der Waals surface area contributed by atoms with Crippen molar-refractivity contribution in [3.63, 3.8) is 0 Å². The van der Waals surface area contributed by atoms with E-state index in [2.05, 4.69) is 106 Å². The van der Waals surface area contributed by atoms with E-state index >= 15 is 0 Å². The second kappa shape index (κ2) is 11.4. The number of phenols is 1. The molecule has 2 heterocycles. The van der Waals surface area contributed by atoms with Gasteiger partial charge in [0.2, 0.25) is 5.88 Å². The quantitative estimate of drug-likeness (QED) is 0.185. The number of phenolic OH excluding ortho intramolecular Hbond substituents is 1. The van der Waals surface area contributed by atoms with Crippen LogP contribution in [0.25, 0.3) is 10.9 Å². The number of hydrogen-bond acceptors (Lipinski definition) is 5. The van der Waals surface area contributed by atoms with Crippen molar-refractivity contribution in [1.82, 2.24) is 4.98 Å². The average Bonchev–Trinajstić information content (AvgIpc) is 3.53. The van der Waals surface area contributed by atoms with Crippen LogP contribution in [0.4, 0.5) is 5.69 Å². The van der Waals surface area contributed by atoms with Gasteiger partial charge in [-0.3, -0.25) is 0 Å². The molecule has 5 nitrogen and oxygen atoms in total. The van der Waals surface area contributed by atoms with Crippen LogP contribution < -0.4 is 9.64 Å². The monoisotopic (exact) mass is 775 g/mol. The van der Waals surface area contributed by atoms with Crippen molar-refractivity contribution in [2.75, 3.05) is 4.90 Å². The third-order valence-electron chi connectivity index (χ3n) is 8.81. The Hall–Kier alpha value is -3.95. The van der Waals surface area contributed by atoms with Crippen molar-refractivity contribution in [3.05, 3.63) is 125 Å². The summed E-state index contributed by atoms with van der Waals surface area (Å²) < 4.78 is 6.21. The maximum absolute atomic E-state index is 10.3. The predicted octanol–water partition coefficient (Wildman–Crippen LogP) is 9.06. The molecule has 2 atom stereocenters. The van der Waals surface area contributed by atoms with E-state index in [4.69, 9.17) is 9.73 Å². The van der Waals surface area contributed by atoms with Crippen LogP contribution in [0.15, 0.2) is 96.0 Å². The molecular weight excluding hydrogens is 738 g/mol. The number of aromatic hydroxyl groups is 1. The minimum Gasteiger partial charge on any atom is -0.506 e. The zero-order valence-electron chi connectivity index (χ0n) is 26.5. The first kappa shape index (κ1) is 31.0. The summed E-state index contributed by atoms with van der Waals surface area (Å²) in [5.74, 6) is 1.97. The number of pyridine rings is 1. The molecule has 1 aliphatic heterocycles. The van der Waals surface area contributed by atoms with Crippen LogP contribution in [0.1, 0.15) is 75.4 Å². The average molecular weight is 776 g/mol. The number of para-hydroxylation sites is 1. The maximum atomic E-state index is 10.3. The molecule has 7 rings (SSSR count). The molecule has 1 aliphatic carbocycles. The summed E-state index contributed by atoms with van der Waals surface area (Å²) in [4.78, 5) is 12.4. The minimum absolute atomic E-state index is 0. The molecule has 6 heteroatoms. The summed E-state index contributed by atoms with van der Waals surface area (Å²) in [5.41, 5.74) is 7.81. The van der Waals surface area contributed by atoms with E-state index in [1.807, 2.05) is 30.3 Å². The summed E-state index contributed by atoms with van der Waals surface area (Å²) in [6, 6.07) is 34.5. The number of ether oxygens (including phenoxy) is 1. The first-order valence-electron chi connectivity index (χ1n) is 15.4. The molecule has 0 radical (unpaired) electrons. The molecule has 4 aromatic carbocycles. The summed E-state index contributed by atoms with van der Waals surface area (Å²) >= 11 is 0. The topological polar surface area (TPSA) is 58.0 Å². The van der Waals surface area contributed by atoms with E-state index in [-0.39, 0.29) is 49.7 Å². The van der Waals surface area contributed by atoms with Gasteiger partial charge in [-0.05, 0) is 63.8 Å². The van der Waals surface area contributed by atoms with E-state index in [0.717, 1.165) is 28.9 Å². The number of aliphatic imine (C=N–C) groups is 1. The number of rotatable bonds is 4. The molecule has 0 saturated carbocycles. The largest absolute Gasteiger partial charge is 0.506 e. The van der Waals surface area contributed by atoms with Crippen LogP contribution in [-0.2, 0) is 38.3 Å². The molecule has 0 saturated heterocycles. The fraction of sp³-hybridized carbons (Fsp3) is 0.282. The van der Waals surface area contributed by atoms with E-state index < -0.39 is 0 Å². The maximum Gasteiger partial charge on any atom is 0.217 e. The van der Waals surface area contributed by atoms with E-state index in [1.54, 1.807) is 12.1 Å². The molecule has 0 unspecified atom stereocenters. The van der Waals surface area contributed by atoms with Crippen LogP contribution >= 0.6 is 0 Å². The number of anilines is 1. The second-order valence-corrected chi connectivity index (χ2v) is 14.0. The zero-order chi connectivity index (χ0) is 30.8. The number of hydrogen-bond donors (Lipinski definition) is 1. The van der Waals surface area contributed by atoms with Crippen molar-refractivity contribution in [3.8, 4) is 17.4 Å². The zero-order valence-corrected chi connectivity index (χ0v) is 28.8. The van der Waals surface area contributed by atoms with Crippen molar-refractivity contribution in [1.29, 1.82) is 0 Å². The number of nitrogens with zero attached hydrogens (tertiary/aromatic N) is 3. The SMILES string of the molecule is CC(C)(C)c1cc(N2C(c3[c-]c(Oc4ccc5cccc(O)c5n4)ccc3)=N[C@H]3c4ccccc4C[C@@H]32)cc(C(C)(C)C)c1.[Pt]. The van der Waals surface area contributed by atoms with Crippen LogP contribution in [0, 0.1) is 6.07 Å². The van der Waals surface area contributed by atoms with Gasteiger partial charge < -0.3 is 19.7 Å². The van der Waals surface area contributed by atoms with E-state index in [1.165, 1.54) is 22.3 Å². The van der Waals surface area contributed by atoms with Gasteiger partial charge in [0.05, 0.1) is 17.9 Å². The third-order valence-corrected chi connectivity index (χ3v) is 8.81. The first-order chi connectivity index (χ1) is 21.0.